The van der Waals surface area contributed by atoms with E-state index >= 15 is 0 Å². The number of hydrogen-bond donors (Lipinski definition) is 6. The van der Waals surface area contributed by atoms with Crippen molar-refractivity contribution in [2.45, 2.75) is 12.6 Å². The third-order valence-electron chi connectivity index (χ3n) is 5.43. The normalized spacial score (nSPS) is 10.9. The predicted molar refractivity (Wildman–Crippen MR) is 142 cm³/mol. The maximum absolute atomic E-state index is 12.3. The number of amides is 3. The second-order valence-corrected chi connectivity index (χ2v) is 8.11. The largest absolute Gasteiger partial charge is 0.496 e. The molecular formula is C28H29N5O5. The van der Waals surface area contributed by atoms with Crippen LogP contribution >= 0.6 is 0 Å². The zero-order chi connectivity index (χ0) is 27.3. The minimum atomic E-state index is -1.05. The number of benzene rings is 3. The number of nitrogens with two attached hydrogens (primary N) is 1. The maximum Gasteiger partial charge on any atom is 0.267 e. The van der Waals surface area contributed by atoms with Gasteiger partial charge in [-0.3, -0.25) is 19.6 Å². The van der Waals surface area contributed by atoms with Gasteiger partial charge in [0.25, 0.3) is 11.8 Å². The van der Waals surface area contributed by atoms with Gasteiger partial charge in [0.1, 0.15) is 11.8 Å². The summed E-state index contributed by atoms with van der Waals surface area (Å²) in [4.78, 5) is 36.0. The summed E-state index contributed by atoms with van der Waals surface area (Å²) in [7, 11) is 1.61. The molecule has 196 valence electrons. The van der Waals surface area contributed by atoms with E-state index in [1.54, 1.807) is 55.6 Å². The van der Waals surface area contributed by atoms with E-state index in [2.05, 4.69) is 27.8 Å². The highest BCUT2D eigenvalue weighted by Gasteiger charge is 2.19. The van der Waals surface area contributed by atoms with Gasteiger partial charge in [0.15, 0.2) is 0 Å². The van der Waals surface area contributed by atoms with Crippen LogP contribution in [0.25, 0.3) is 0 Å². The molecule has 0 aliphatic rings. The Hall–Kier alpha value is -4.69. The van der Waals surface area contributed by atoms with Crippen molar-refractivity contribution in [1.29, 1.82) is 0 Å². The van der Waals surface area contributed by atoms with E-state index in [0.29, 0.717) is 23.4 Å². The summed E-state index contributed by atoms with van der Waals surface area (Å²) < 4.78 is 5.31. The number of ether oxygens (including phenoxy) is 1. The maximum atomic E-state index is 12.3. The van der Waals surface area contributed by atoms with Crippen molar-refractivity contribution in [2.75, 3.05) is 25.5 Å². The molecule has 3 aromatic carbocycles. The lowest BCUT2D eigenvalue weighted by molar-refractivity contribution is -0.130. The second-order valence-electron chi connectivity index (χ2n) is 8.11. The molecule has 0 heterocycles. The molecule has 0 saturated heterocycles. The average molecular weight is 516 g/mol. The fourth-order valence-electron chi connectivity index (χ4n) is 3.40. The molecule has 0 fully saturated rings. The minimum absolute atomic E-state index is 0.148. The third kappa shape index (κ3) is 8.18. The lowest BCUT2D eigenvalue weighted by atomic mass is 10.1. The van der Waals surface area contributed by atoms with Gasteiger partial charge in [-0.05, 0) is 54.6 Å². The highest BCUT2D eigenvalue weighted by atomic mass is 16.5. The van der Waals surface area contributed by atoms with Crippen LogP contribution in [0.5, 0.6) is 5.75 Å². The number of carbonyl (C=O) groups is 3. The van der Waals surface area contributed by atoms with Gasteiger partial charge >= 0.3 is 0 Å². The summed E-state index contributed by atoms with van der Waals surface area (Å²) in [5, 5.41) is 17.1. The summed E-state index contributed by atoms with van der Waals surface area (Å²) in [6, 6.07) is 20.2. The molecule has 0 saturated carbocycles. The molecule has 0 aromatic heterocycles. The van der Waals surface area contributed by atoms with E-state index in [1.165, 1.54) is 5.48 Å². The molecule has 3 rings (SSSR count). The first-order chi connectivity index (χ1) is 18.4. The molecule has 7 N–H and O–H groups in total. The minimum Gasteiger partial charge on any atom is -0.496 e. The highest BCUT2D eigenvalue weighted by Crippen LogP contribution is 2.16. The molecule has 1 atom stereocenters. The Morgan fingerprint density at radius 1 is 0.947 bits per heavy atom. The van der Waals surface area contributed by atoms with Gasteiger partial charge in [-0.15, -0.1) is 0 Å². The van der Waals surface area contributed by atoms with Crippen LogP contribution in [0.3, 0.4) is 0 Å². The number of anilines is 1. The van der Waals surface area contributed by atoms with E-state index in [0.717, 1.165) is 16.9 Å². The lowest BCUT2D eigenvalue weighted by Gasteiger charge is -2.14. The fraction of sp³-hybridized carbons (Fsp3) is 0.179. The quantitative estimate of drug-likeness (QED) is 0.135. The van der Waals surface area contributed by atoms with Gasteiger partial charge in [-0.25, -0.2) is 5.48 Å². The Bertz CT molecular complexity index is 1310. The molecule has 38 heavy (non-hydrogen) atoms. The smallest absolute Gasteiger partial charge is 0.267 e. The molecule has 0 radical (unpaired) electrons. The molecule has 0 unspecified atom stereocenters. The molecule has 10 nitrogen and oxygen atoms in total. The van der Waals surface area contributed by atoms with Crippen molar-refractivity contribution in [3.8, 4) is 17.6 Å². The molecule has 0 aliphatic carbocycles. The van der Waals surface area contributed by atoms with Gasteiger partial charge in [0, 0.05) is 41.0 Å². The van der Waals surface area contributed by atoms with E-state index in [4.69, 9.17) is 15.7 Å². The van der Waals surface area contributed by atoms with Crippen molar-refractivity contribution in [3.63, 3.8) is 0 Å². The van der Waals surface area contributed by atoms with Crippen LogP contribution in [0.4, 0.5) is 5.69 Å². The van der Waals surface area contributed by atoms with Crippen LogP contribution in [0.2, 0.25) is 0 Å². The van der Waals surface area contributed by atoms with Crippen LogP contribution in [0.1, 0.15) is 27.0 Å². The third-order valence-corrected chi connectivity index (χ3v) is 5.43. The Kier molecular flexibility index (Phi) is 10.4. The number of methoxy groups -OCH3 is 1. The van der Waals surface area contributed by atoms with Crippen molar-refractivity contribution in [3.05, 3.63) is 95.1 Å². The lowest BCUT2D eigenvalue weighted by Crippen LogP contribution is -2.50. The first-order valence-electron chi connectivity index (χ1n) is 11.7. The Labute approximate surface area is 220 Å². The van der Waals surface area contributed by atoms with E-state index in [9.17, 15) is 14.4 Å². The first-order valence-corrected chi connectivity index (χ1v) is 11.7. The summed E-state index contributed by atoms with van der Waals surface area (Å²) in [5.74, 6) is 5.34. The molecule has 0 spiro atoms. The van der Waals surface area contributed by atoms with Gasteiger partial charge in [0.05, 0.1) is 13.7 Å². The Morgan fingerprint density at radius 3 is 2.18 bits per heavy atom. The van der Waals surface area contributed by atoms with Crippen LogP contribution in [0, 0.1) is 11.8 Å². The summed E-state index contributed by atoms with van der Waals surface area (Å²) in [5.41, 5.74) is 10.3. The molecular weight excluding hydrogens is 486 g/mol. The number of hydrogen-bond acceptors (Lipinski definition) is 7. The summed E-state index contributed by atoms with van der Waals surface area (Å²) in [6.45, 7) is 0.493. The van der Waals surface area contributed by atoms with Crippen molar-refractivity contribution in [1.82, 2.24) is 16.1 Å². The molecule has 0 bridgehead atoms. The first kappa shape index (κ1) is 27.9. The van der Waals surface area contributed by atoms with E-state index in [-0.39, 0.29) is 19.0 Å². The number of carbonyl (C=O) groups excluding carboxylic acids is 3. The Morgan fingerprint density at radius 2 is 1.58 bits per heavy atom. The average Bonchev–Trinajstić information content (AvgIpc) is 2.95. The van der Waals surface area contributed by atoms with Gasteiger partial charge in [0.2, 0.25) is 5.91 Å². The predicted octanol–water partition coefficient (Wildman–Crippen LogP) is 1.39. The van der Waals surface area contributed by atoms with Gasteiger partial charge in [-0.1, -0.05) is 30.0 Å². The van der Waals surface area contributed by atoms with Crippen molar-refractivity contribution in [2.24, 2.45) is 5.73 Å². The number of nitrogens with one attached hydrogen (secondary N) is 4. The van der Waals surface area contributed by atoms with Crippen LogP contribution in [-0.4, -0.2) is 49.2 Å². The number of hydroxylamine groups is 1. The summed E-state index contributed by atoms with van der Waals surface area (Å²) in [6.07, 6.45) is 0. The van der Waals surface area contributed by atoms with Gasteiger partial charge < -0.3 is 26.4 Å². The number of rotatable bonds is 10. The molecule has 3 aromatic rings. The van der Waals surface area contributed by atoms with Crippen molar-refractivity contribution < 1.29 is 24.3 Å². The molecule has 0 aliphatic heterocycles. The topological polar surface area (TPSA) is 155 Å². The second kappa shape index (κ2) is 14.2. The zero-order valence-corrected chi connectivity index (χ0v) is 20.8. The van der Waals surface area contributed by atoms with Gasteiger partial charge in [-0.2, -0.15) is 0 Å². The van der Waals surface area contributed by atoms with Crippen LogP contribution in [-0.2, 0) is 16.1 Å². The monoisotopic (exact) mass is 515 g/mol. The SMILES string of the molecule is COc1ccccc1CNCC(=O)Nc1ccc(C#Cc2ccc(C(=O)N[C@@H](CN)C(=O)NO)cc2)cc1. The standard InChI is InChI=1S/C28H29N5O5/c1-38-25-5-3-2-4-22(25)17-30-18-26(34)31-23-14-10-20(11-15-23)7-6-19-8-12-21(13-9-19)27(35)32-24(16-29)28(36)33-37/h2-5,8-15,24,30,37H,16-18,29H2,1H3,(H,31,34)(H,32,35)(H,33,36)/t24-/m0/s1. The van der Waals surface area contributed by atoms with Crippen molar-refractivity contribution >= 4 is 23.4 Å². The van der Waals surface area contributed by atoms with Crippen LogP contribution in [0.15, 0.2) is 72.8 Å². The number of para-hydroxylation sites is 1. The summed E-state index contributed by atoms with van der Waals surface area (Å²) >= 11 is 0. The zero-order valence-electron chi connectivity index (χ0n) is 20.8. The van der Waals surface area contributed by atoms with E-state index < -0.39 is 17.9 Å². The molecule has 3 amide bonds. The fourth-order valence-corrected chi connectivity index (χ4v) is 3.40. The molecule has 10 heteroatoms. The van der Waals surface area contributed by atoms with Crippen LogP contribution < -0.4 is 31.9 Å². The highest BCUT2D eigenvalue weighted by molar-refractivity contribution is 5.97. The van der Waals surface area contributed by atoms with E-state index in [1.807, 2.05) is 24.3 Å². The Balaban J connectivity index is 1.49.